The Morgan fingerprint density at radius 2 is 0.714 bits per heavy atom. The molecule has 3 N–H and O–H groups in total. The summed E-state index contributed by atoms with van der Waals surface area (Å²) in [5, 5.41) is 31.3. The number of carbonyl (C=O) groups is 1. The summed E-state index contributed by atoms with van der Waals surface area (Å²) in [6.45, 7) is 14.6. The first kappa shape index (κ1) is 85.1. The second kappa shape index (κ2) is 36.7. The number of ether oxygens (including phenoxy) is 12. The number of rotatable bonds is 12. The zero-order valence-corrected chi connectivity index (χ0v) is 71.9. The Morgan fingerprint density at radius 1 is 0.345 bits per heavy atom. The molecule has 6 heterocycles. The maximum absolute atomic E-state index is 13.3. The van der Waals surface area contributed by atoms with Crippen LogP contribution in [0.1, 0.15) is 358 Å². The zero-order chi connectivity index (χ0) is 80.3. The number of aliphatic hydroxyl groups is 2. The summed E-state index contributed by atoms with van der Waals surface area (Å²) in [6.07, 6.45) is 45.3. The van der Waals surface area contributed by atoms with E-state index >= 15 is 0 Å². The number of aliphatic hydroxyl groups excluding tert-OH is 2. The van der Waals surface area contributed by atoms with Crippen LogP contribution in [-0.4, -0.2) is 123 Å². The van der Waals surface area contributed by atoms with Gasteiger partial charge in [0.15, 0.2) is 43.5 Å². The normalized spacial score (nSPS) is 41.4. The Hall–Kier alpha value is -4.69. The highest BCUT2D eigenvalue weighted by Crippen LogP contribution is 2.67. The average Bonchev–Trinajstić information content (AvgIpc) is 1.71. The van der Waals surface area contributed by atoms with Gasteiger partial charge in [-0.15, -0.1) is 0 Å². The van der Waals surface area contributed by atoms with Gasteiger partial charge in [0.2, 0.25) is 0 Å². The Morgan fingerprint density at radius 3 is 1.18 bits per heavy atom. The minimum absolute atomic E-state index is 0. The summed E-state index contributed by atoms with van der Waals surface area (Å²) in [6, 6.07) is 25.5. The molecule has 119 heavy (non-hydrogen) atoms. The minimum atomic E-state index is -0.416. The van der Waals surface area contributed by atoms with E-state index in [2.05, 4.69) is 82.3 Å². The Labute approximate surface area is 711 Å². The van der Waals surface area contributed by atoms with Crippen LogP contribution in [0.4, 0.5) is 0 Å². The number of hydrogen-bond donors (Lipinski definition) is 3. The highest BCUT2D eigenvalue weighted by Gasteiger charge is 2.61. The van der Waals surface area contributed by atoms with Gasteiger partial charge < -0.3 is 72.2 Å². The summed E-state index contributed by atoms with van der Waals surface area (Å²) >= 11 is 0. The highest BCUT2D eigenvalue weighted by molar-refractivity contribution is 5.99. The van der Waals surface area contributed by atoms with Crippen molar-refractivity contribution in [2.75, 3.05) is 39.6 Å². The van der Waals surface area contributed by atoms with Gasteiger partial charge in [0.05, 0.1) is 50.3 Å². The van der Waals surface area contributed by atoms with Gasteiger partial charge >= 0.3 is 0 Å². The van der Waals surface area contributed by atoms with E-state index in [-0.39, 0.29) is 85.5 Å². The Bertz CT molecular complexity index is 4050. The zero-order valence-electron chi connectivity index (χ0n) is 71.9. The number of aryl methyl sites for hydroxylation is 2. The maximum Gasteiger partial charge on any atom is 0.199 e. The van der Waals surface area contributed by atoms with Gasteiger partial charge in [0, 0.05) is 51.1 Å². The van der Waals surface area contributed by atoms with Gasteiger partial charge in [-0.25, -0.2) is 0 Å². The van der Waals surface area contributed by atoms with Crippen LogP contribution in [0.2, 0.25) is 0 Å². The third-order valence-electron chi connectivity index (χ3n) is 35.0. The molecule has 4 aromatic rings. The first-order chi connectivity index (χ1) is 57.5. The van der Waals surface area contributed by atoms with Crippen molar-refractivity contribution in [3.8, 4) is 23.0 Å². The van der Waals surface area contributed by atoms with Crippen LogP contribution >= 0.6 is 0 Å². The second-order valence-corrected chi connectivity index (χ2v) is 41.3. The molecular formula is C103H146O16. The topological polar surface area (TPSA) is 189 Å². The molecule has 4 aromatic carbocycles. The lowest BCUT2D eigenvalue weighted by molar-refractivity contribution is -0.213. The van der Waals surface area contributed by atoms with Gasteiger partial charge in [0.25, 0.3) is 0 Å². The van der Waals surface area contributed by atoms with Crippen LogP contribution < -0.4 is 14.2 Å². The van der Waals surface area contributed by atoms with E-state index in [0.29, 0.717) is 77.0 Å². The van der Waals surface area contributed by atoms with Crippen molar-refractivity contribution in [1.82, 2.24) is 0 Å². The maximum atomic E-state index is 13.3. The largest absolute Gasteiger partial charge is 0.508 e. The Kier molecular flexibility index (Phi) is 26.3. The van der Waals surface area contributed by atoms with Gasteiger partial charge in [-0.05, 0) is 411 Å². The minimum Gasteiger partial charge on any atom is -0.508 e. The summed E-state index contributed by atoms with van der Waals surface area (Å²) in [5.74, 6) is 10.8. The number of ketones is 1. The number of carbonyl (C=O) groups excluding carboxylic acids is 1. The molecule has 6 saturated heterocycles. The van der Waals surface area contributed by atoms with Crippen LogP contribution in [0.15, 0.2) is 72.8 Å². The lowest BCUT2D eigenvalue weighted by atomic mass is 9.55. The van der Waals surface area contributed by atoms with Crippen LogP contribution in [0.3, 0.4) is 0 Å². The number of benzene rings is 4. The predicted octanol–water partition coefficient (Wildman–Crippen LogP) is 22.5. The molecule has 18 aliphatic rings. The molecule has 22 rings (SSSR count). The monoisotopic (exact) mass is 1640 g/mol. The number of phenolic OH excluding ortho intramolecular Hbond substituents is 1. The summed E-state index contributed by atoms with van der Waals surface area (Å²) in [5.41, 5.74) is 11.3. The molecule has 0 radical (unpaired) electrons. The van der Waals surface area contributed by atoms with Crippen LogP contribution in [-0.2, 0) is 55.5 Å². The molecule has 6 aliphatic heterocycles. The van der Waals surface area contributed by atoms with E-state index in [4.69, 9.17) is 56.8 Å². The smallest absolute Gasteiger partial charge is 0.199 e. The van der Waals surface area contributed by atoms with Crippen molar-refractivity contribution < 1.29 is 77.0 Å². The van der Waals surface area contributed by atoms with E-state index in [1.54, 1.807) is 5.56 Å². The van der Waals surface area contributed by atoms with Crippen molar-refractivity contribution in [3.63, 3.8) is 0 Å². The highest BCUT2D eigenvalue weighted by atomic mass is 16.7. The summed E-state index contributed by atoms with van der Waals surface area (Å²) < 4.78 is 73.2. The van der Waals surface area contributed by atoms with E-state index in [1.165, 1.54) is 137 Å². The average molecular weight is 1640 g/mol. The van der Waals surface area contributed by atoms with Crippen molar-refractivity contribution in [3.05, 3.63) is 117 Å². The van der Waals surface area contributed by atoms with Crippen molar-refractivity contribution in [2.24, 2.45) is 69.0 Å². The van der Waals surface area contributed by atoms with Gasteiger partial charge in [-0.2, -0.15) is 0 Å². The third-order valence-corrected chi connectivity index (χ3v) is 35.0. The lowest BCUT2D eigenvalue weighted by Crippen LogP contribution is -2.46. The molecule has 8 saturated carbocycles. The van der Waals surface area contributed by atoms with E-state index in [0.717, 1.165) is 227 Å². The fourth-order valence-corrected chi connectivity index (χ4v) is 28.7. The Balaban J connectivity index is 0.000000110. The molecule has 16 nitrogen and oxygen atoms in total. The molecule has 0 amide bonds. The fraction of sp³-hybridized carbons (Fsp3) is 0.757. The van der Waals surface area contributed by atoms with Crippen LogP contribution in [0, 0.1) is 69.0 Å². The van der Waals surface area contributed by atoms with Gasteiger partial charge in [-0.3, -0.25) is 4.79 Å². The summed E-state index contributed by atoms with van der Waals surface area (Å²) in [7, 11) is 0. The van der Waals surface area contributed by atoms with Crippen molar-refractivity contribution in [2.45, 2.75) is 384 Å². The number of phenols is 1. The molecular weight excluding hydrogens is 1490 g/mol. The molecule has 0 spiro atoms. The van der Waals surface area contributed by atoms with Crippen LogP contribution in [0.5, 0.6) is 23.0 Å². The molecule has 14 fully saturated rings. The van der Waals surface area contributed by atoms with Crippen molar-refractivity contribution >= 4 is 5.78 Å². The molecule has 654 valence electrons. The first-order valence-corrected chi connectivity index (χ1v) is 48.3. The van der Waals surface area contributed by atoms with Crippen LogP contribution in [0.25, 0.3) is 0 Å². The lowest BCUT2D eigenvalue weighted by Gasteiger charge is -2.51. The van der Waals surface area contributed by atoms with Gasteiger partial charge in [-0.1, -0.05) is 59.4 Å². The third kappa shape index (κ3) is 17.2. The predicted molar refractivity (Wildman–Crippen MR) is 459 cm³/mol. The summed E-state index contributed by atoms with van der Waals surface area (Å²) in [4.78, 5) is 13.3. The standard InChI is InChI=1S/C28H40O5.C28H38O5.C28H40O4.C18H24O2.CH4/c2*1-28-13-12-20-19-9-8-18(32-26-6-2-4-14-30-26)16-22(19)24(29)17-21(20)23(28)10-11-25(28)33-27-7-3-5-15-31-27;1-28-15-14-22-21-11-9-20(31-26-6-2-4-16-29-26)18-19(21)8-10-23(22)24(28)12-13-25(28)32-27-7-3-5-17-30-27;1-18-9-8-14-13-5-3-12(19)10-11(13)2-4-15(14)16(18)6-7-17(18)20;/h8-9,16,20-21,23-27,29H,2-7,10-15,17H2,1H3;8-9,16,20-21,23,25-27H,2-7,10-15,17H2,1H3;9,11,18,22-27H,2-8,10,12-17H2,1H3;3,5,10,14-17,19-20H,2,4,6-9H2,1H3;1H4/t20?,21?,23?,24?,25-,26?,27?,28-;20?,21?,23?,25-,26?,27?,28-;22?,23?,24?,25-,26?,27?,28-;14?,15?,16?,17-,18-;/m0000./s1. The molecule has 19 unspecified atom stereocenters. The van der Waals surface area contributed by atoms with E-state index < -0.39 is 6.10 Å². The van der Waals surface area contributed by atoms with Gasteiger partial charge in [0.1, 0.15) is 23.0 Å². The van der Waals surface area contributed by atoms with E-state index in [1.807, 2.05) is 18.2 Å². The molecule has 12 aliphatic carbocycles. The number of Topliss-reactive ketones (excluding diaryl/α,β-unsaturated/α-hetero) is 1. The number of fused-ring (bicyclic) bond motifs is 20. The van der Waals surface area contributed by atoms with E-state index in [9.17, 15) is 20.1 Å². The quantitative estimate of drug-likeness (QED) is 0.121. The molecule has 0 aromatic heterocycles. The molecule has 16 heteroatoms. The second-order valence-electron chi connectivity index (χ2n) is 41.3. The van der Waals surface area contributed by atoms with Crippen molar-refractivity contribution in [1.29, 1.82) is 0 Å². The number of aromatic hydroxyl groups is 1. The first-order valence-electron chi connectivity index (χ1n) is 48.3. The fourth-order valence-electron chi connectivity index (χ4n) is 28.7. The molecule has 27 atom stereocenters. The number of hydrogen-bond acceptors (Lipinski definition) is 16. The SMILES string of the molecule is C.C[C@]12CCC3c4ccc(O)cc4CCC3C1CC[C@@H]2O.C[C@]12CCC3c4ccc(OC5CCCCO5)cc4C(=O)CC3C1CC[C@@H]2OC1CCCCO1.C[C@]12CCC3c4ccc(OC5CCCCO5)cc4C(O)CC3C1CC[C@@H]2OC1CCCCO1.C[C@]12CCC3c4ccc(OC5CCCCO5)cc4CCC3C1CC[C@@H]2OC1CCCCO1. The molecule has 0 bridgehead atoms.